The van der Waals surface area contributed by atoms with Crippen molar-refractivity contribution in [2.75, 3.05) is 0 Å². The molecule has 0 heterocycles. The van der Waals surface area contributed by atoms with E-state index in [1.807, 2.05) is 0 Å². The van der Waals surface area contributed by atoms with Gasteiger partial charge in [-0.15, -0.1) is 0 Å². The number of non-ortho nitro benzene ring substituents is 1. The first kappa shape index (κ1) is 12.7. The van der Waals surface area contributed by atoms with E-state index in [9.17, 15) is 33.2 Å². The summed E-state index contributed by atoms with van der Waals surface area (Å²) in [6.45, 7) is 0. The van der Waals surface area contributed by atoms with Gasteiger partial charge in [-0.2, -0.15) is 8.78 Å². The number of halogens is 2. The second-order valence-electron chi connectivity index (χ2n) is 2.84. The summed E-state index contributed by atoms with van der Waals surface area (Å²) in [5.41, 5.74) is -6.14. The van der Waals surface area contributed by atoms with Gasteiger partial charge in [0.25, 0.3) is 11.4 Å². The van der Waals surface area contributed by atoms with Crippen molar-refractivity contribution in [3.8, 4) is 0 Å². The molecule has 0 aliphatic rings. The SMILES string of the molecule is O=[N+]([O-])c1ccc(C(F)(F)P(=O)([O-])[O-])cc1. The summed E-state index contributed by atoms with van der Waals surface area (Å²) < 4.78 is 36.1. The molecule has 0 aliphatic heterocycles. The molecule has 0 aliphatic carbocycles. The zero-order chi connectivity index (χ0) is 12.6. The zero-order valence-electron chi connectivity index (χ0n) is 7.50. The quantitative estimate of drug-likeness (QED) is 0.443. The lowest BCUT2D eigenvalue weighted by Crippen LogP contribution is -2.29. The van der Waals surface area contributed by atoms with E-state index in [4.69, 9.17) is 0 Å². The molecule has 6 nitrogen and oxygen atoms in total. The van der Waals surface area contributed by atoms with E-state index in [0.29, 0.717) is 24.3 Å². The summed E-state index contributed by atoms with van der Waals surface area (Å²) in [6, 6.07) is 2.44. The van der Waals surface area contributed by atoms with Gasteiger partial charge in [0.15, 0.2) is 0 Å². The van der Waals surface area contributed by atoms with Gasteiger partial charge >= 0.3 is 0 Å². The Balaban J connectivity index is 3.17. The first-order valence-corrected chi connectivity index (χ1v) is 5.35. The maximum atomic E-state index is 12.9. The van der Waals surface area contributed by atoms with Crippen LogP contribution in [0, 0.1) is 10.1 Å². The maximum Gasteiger partial charge on any atom is 0.296 e. The summed E-state index contributed by atoms with van der Waals surface area (Å²) in [4.78, 5) is 29.9. The molecule has 0 unspecified atom stereocenters. The van der Waals surface area contributed by atoms with Crippen molar-refractivity contribution in [1.29, 1.82) is 0 Å². The molecule has 88 valence electrons. The molecular weight excluding hydrogens is 247 g/mol. The molecule has 1 aromatic rings. The molecular formula is C7H4F2NO5P-2. The summed E-state index contributed by atoms with van der Waals surface area (Å²) >= 11 is 0. The Morgan fingerprint density at radius 3 is 1.94 bits per heavy atom. The first-order chi connectivity index (χ1) is 7.16. The van der Waals surface area contributed by atoms with E-state index in [2.05, 4.69) is 0 Å². The van der Waals surface area contributed by atoms with Crippen LogP contribution in [-0.4, -0.2) is 4.92 Å². The Bertz CT molecular complexity index is 454. The smallest absolute Gasteiger partial charge is 0.296 e. The van der Waals surface area contributed by atoms with Gasteiger partial charge in [-0.25, -0.2) is 0 Å². The number of nitrogens with zero attached hydrogens (tertiary/aromatic N) is 1. The molecule has 0 aromatic heterocycles. The monoisotopic (exact) mass is 251 g/mol. The molecule has 1 aromatic carbocycles. The van der Waals surface area contributed by atoms with Crippen molar-refractivity contribution in [2.24, 2.45) is 0 Å². The average Bonchev–Trinajstić information content (AvgIpc) is 2.16. The van der Waals surface area contributed by atoms with Crippen LogP contribution < -0.4 is 9.79 Å². The van der Waals surface area contributed by atoms with Gasteiger partial charge in [0, 0.05) is 25.3 Å². The van der Waals surface area contributed by atoms with E-state index in [1.165, 1.54) is 0 Å². The first-order valence-electron chi connectivity index (χ1n) is 3.81. The van der Waals surface area contributed by atoms with Crippen LogP contribution in [0.2, 0.25) is 0 Å². The molecule has 0 atom stereocenters. The highest BCUT2D eigenvalue weighted by atomic mass is 31.2. The van der Waals surface area contributed by atoms with E-state index in [0.717, 1.165) is 0 Å². The largest absolute Gasteiger partial charge is 0.806 e. The van der Waals surface area contributed by atoms with Gasteiger partial charge in [-0.1, -0.05) is 0 Å². The molecule has 0 saturated heterocycles. The van der Waals surface area contributed by atoms with Crippen LogP contribution in [0.15, 0.2) is 24.3 Å². The molecule has 0 saturated carbocycles. The Morgan fingerprint density at radius 1 is 1.19 bits per heavy atom. The number of nitro benzene ring substituents is 1. The fourth-order valence-electron chi connectivity index (χ4n) is 0.942. The Labute approximate surface area is 87.8 Å². The van der Waals surface area contributed by atoms with Crippen molar-refractivity contribution in [3.05, 3.63) is 39.9 Å². The van der Waals surface area contributed by atoms with Gasteiger partial charge in [0.05, 0.1) is 4.92 Å². The molecule has 0 radical (unpaired) electrons. The second-order valence-corrected chi connectivity index (χ2v) is 4.40. The lowest BCUT2D eigenvalue weighted by molar-refractivity contribution is -0.384. The molecule has 9 heteroatoms. The van der Waals surface area contributed by atoms with Crippen LogP contribution in [-0.2, 0) is 10.2 Å². The number of nitro groups is 1. The van der Waals surface area contributed by atoms with Crippen molar-refractivity contribution >= 4 is 13.3 Å². The second kappa shape index (κ2) is 3.89. The number of alkyl halides is 2. The van der Waals surface area contributed by atoms with Crippen molar-refractivity contribution in [3.63, 3.8) is 0 Å². The maximum absolute atomic E-state index is 12.9. The summed E-state index contributed by atoms with van der Waals surface area (Å²) in [5, 5.41) is 10.2. The Kier molecular flexibility index (Phi) is 3.09. The summed E-state index contributed by atoms with van der Waals surface area (Å²) in [6.07, 6.45) is 0. The highest BCUT2D eigenvalue weighted by Crippen LogP contribution is 2.53. The number of hydrogen-bond acceptors (Lipinski definition) is 5. The lowest BCUT2D eigenvalue weighted by Gasteiger charge is -2.37. The highest BCUT2D eigenvalue weighted by Gasteiger charge is 2.36. The van der Waals surface area contributed by atoms with E-state index < -0.39 is 29.4 Å². The van der Waals surface area contributed by atoms with Gasteiger partial charge in [0.1, 0.15) is 0 Å². The van der Waals surface area contributed by atoms with Gasteiger partial charge in [0.2, 0.25) is 0 Å². The number of rotatable bonds is 3. The van der Waals surface area contributed by atoms with Crippen LogP contribution >= 0.6 is 7.60 Å². The lowest BCUT2D eigenvalue weighted by atomic mass is 10.2. The van der Waals surface area contributed by atoms with Crippen molar-refractivity contribution in [1.82, 2.24) is 0 Å². The zero-order valence-corrected chi connectivity index (χ0v) is 8.40. The molecule has 0 amide bonds. The third-order valence-electron chi connectivity index (χ3n) is 1.77. The standard InChI is InChI=1S/C7H6F2NO5P/c8-7(9,16(13,14)15)5-1-3-6(4-2-5)10(11)12/h1-4H,(H2,13,14,15)/p-2. The highest BCUT2D eigenvalue weighted by molar-refractivity contribution is 7.49. The third kappa shape index (κ3) is 2.24. The minimum Gasteiger partial charge on any atom is -0.806 e. The van der Waals surface area contributed by atoms with Gasteiger partial charge in [-0.05, 0) is 12.1 Å². The molecule has 0 spiro atoms. The number of benzene rings is 1. The minimum atomic E-state index is -6.13. The topological polar surface area (TPSA) is 106 Å². The molecule has 16 heavy (non-hydrogen) atoms. The molecule has 0 bridgehead atoms. The van der Waals surface area contributed by atoms with Gasteiger partial charge in [-0.3, -0.25) is 10.1 Å². The van der Waals surface area contributed by atoms with Crippen LogP contribution in [0.3, 0.4) is 0 Å². The van der Waals surface area contributed by atoms with E-state index >= 15 is 0 Å². The van der Waals surface area contributed by atoms with E-state index in [-0.39, 0.29) is 0 Å². The minimum absolute atomic E-state index is 0.480. The van der Waals surface area contributed by atoms with Crippen molar-refractivity contribution < 1.29 is 28.1 Å². The third-order valence-corrected chi connectivity index (χ3v) is 2.72. The molecule has 0 N–H and O–H groups in total. The average molecular weight is 251 g/mol. The Hall–Kier alpha value is -1.37. The Morgan fingerprint density at radius 2 is 1.62 bits per heavy atom. The summed E-state index contributed by atoms with van der Waals surface area (Å²) in [7, 11) is -6.13. The fourth-order valence-corrected chi connectivity index (χ4v) is 1.41. The number of hydrogen-bond donors (Lipinski definition) is 0. The van der Waals surface area contributed by atoms with Gasteiger partial charge < -0.3 is 14.4 Å². The van der Waals surface area contributed by atoms with E-state index in [1.54, 1.807) is 0 Å². The van der Waals surface area contributed by atoms with Crippen LogP contribution in [0.1, 0.15) is 5.56 Å². The predicted molar refractivity (Wildman–Crippen MR) is 44.6 cm³/mol. The molecule has 1 rings (SSSR count). The van der Waals surface area contributed by atoms with Crippen LogP contribution in [0.25, 0.3) is 0 Å². The fraction of sp³-hybridized carbons (Fsp3) is 0.143. The summed E-state index contributed by atoms with van der Waals surface area (Å²) in [5.74, 6) is 0. The van der Waals surface area contributed by atoms with Crippen LogP contribution in [0.5, 0.6) is 0 Å². The van der Waals surface area contributed by atoms with Crippen molar-refractivity contribution in [2.45, 2.75) is 5.66 Å². The molecule has 0 fully saturated rings. The van der Waals surface area contributed by atoms with Crippen LogP contribution in [0.4, 0.5) is 14.5 Å². The predicted octanol–water partition coefficient (Wildman–Crippen LogP) is 0.558. The normalized spacial score (nSPS) is 12.5.